The number of carbonyl (C=O) groups excluding carboxylic acids is 3. The number of primary amides is 1. The first kappa shape index (κ1) is 34.4. The smallest absolute Gasteiger partial charge is 0.338 e. The van der Waals surface area contributed by atoms with E-state index in [0.717, 1.165) is 13.1 Å². The number of nitrogen functional groups attached to an aromatic ring is 2. The number of amides is 2. The maximum absolute atomic E-state index is 12.2. The molecule has 13 nitrogen and oxygen atoms in total. The van der Waals surface area contributed by atoms with Crippen LogP contribution in [0.2, 0.25) is 0 Å². The average Bonchev–Trinajstić information content (AvgIpc) is 3.02. The number of hydrogen-bond donors (Lipinski definition) is 5. The van der Waals surface area contributed by atoms with Crippen LogP contribution >= 0.6 is 0 Å². The summed E-state index contributed by atoms with van der Waals surface area (Å²) in [5.41, 5.74) is 20.0. The number of nitrogens with one attached hydrogen (secondary N) is 2. The summed E-state index contributed by atoms with van der Waals surface area (Å²) in [7, 11) is 2.78. The van der Waals surface area contributed by atoms with Gasteiger partial charge in [-0.2, -0.15) is 0 Å². The molecule has 0 aliphatic carbocycles. The number of nitrogens with zero attached hydrogens (tertiary/aromatic N) is 2. The van der Waals surface area contributed by atoms with Crippen molar-refractivity contribution in [1.29, 1.82) is 0 Å². The molecular formula is C32H43N7O6. The van der Waals surface area contributed by atoms with E-state index in [4.69, 9.17) is 31.4 Å². The normalized spacial score (nSPS) is 13.2. The molecule has 1 heterocycles. The zero-order chi connectivity index (χ0) is 32.9. The highest BCUT2D eigenvalue weighted by Gasteiger charge is 2.22. The van der Waals surface area contributed by atoms with Crippen molar-refractivity contribution in [2.24, 2.45) is 11.7 Å². The average molecular weight is 622 g/mol. The molecule has 13 heteroatoms. The Bertz CT molecular complexity index is 1460. The molecule has 2 aromatic carbocycles. The first-order valence-electron chi connectivity index (χ1n) is 14.6. The highest BCUT2D eigenvalue weighted by Crippen LogP contribution is 2.33. The number of benzene rings is 2. The molecule has 242 valence electrons. The molecule has 0 bridgehead atoms. The van der Waals surface area contributed by atoms with Crippen LogP contribution in [0.15, 0.2) is 36.4 Å². The van der Waals surface area contributed by atoms with E-state index in [2.05, 4.69) is 27.4 Å². The molecule has 2 amide bonds. The minimum absolute atomic E-state index is 0.00224. The Kier molecular flexibility index (Phi) is 12.7. The molecule has 0 aromatic heterocycles. The van der Waals surface area contributed by atoms with Gasteiger partial charge in [0.1, 0.15) is 29.5 Å². The van der Waals surface area contributed by atoms with Gasteiger partial charge in [0.25, 0.3) is 0 Å². The fourth-order valence-corrected chi connectivity index (χ4v) is 4.62. The molecule has 1 aliphatic rings. The largest absolute Gasteiger partial charge is 0.494 e. The minimum Gasteiger partial charge on any atom is -0.494 e. The van der Waals surface area contributed by atoms with Gasteiger partial charge < -0.3 is 46.9 Å². The number of ether oxygens (including phenoxy) is 3. The van der Waals surface area contributed by atoms with Crippen LogP contribution in [0, 0.1) is 17.8 Å². The van der Waals surface area contributed by atoms with Crippen molar-refractivity contribution < 1.29 is 28.6 Å². The fraction of sp³-hybridized carbons (Fsp3) is 0.406. The summed E-state index contributed by atoms with van der Waals surface area (Å²) in [6, 6.07) is 6.10. The van der Waals surface area contributed by atoms with Gasteiger partial charge in [-0.15, -0.1) is 0 Å². The van der Waals surface area contributed by atoms with Crippen molar-refractivity contribution >= 4 is 40.5 Å². The third-order valence-corrected chi connectivity index (χ3v) is 7.06. The molecule has 0 saturated carbocycles. The second-order valence-corrected chi connectivity index (χ2v) is 10.6. The second kappa shape index (κ2) is 16.7. The van der Waals surface area contributed by atoms with Gasteiger partial charge in [-0.05, 0) is 24.3 Å². The molecule has 45 heavy (non-hydrogen) atoms. The van der Waals surface area contributed by atoms with E-state index in [-0.39, 0.29) is 29.6 Å². The molecule has 0 radical (unpaired) electrons. The summed E-state index contributed by atoms with van der Waals surface area (Å²) in [6.45, 7) is 8.20. The number of nitrogens with two attached hydrogens (primary N) is 3. The quantitative estimate of drug-likeness (QED) is 0.0953. The molecule has 8 N–H and O–H groups in total. The van der Waals surface area contributed by atoms with Crippen LogP contribution in [0.4, 0.5) is 22.7 Å². The van der Waals surface area contributed by atoms with Crippen LogP contribution in [-0.4, -0.2) is 94.2 Å². The summed E-state index contributed by atoms with van der Waals surface area (Å²) < 4.78 is 16.0. The fourth-order valence-electron chi connectivity index (χ4n) is 4.62. The number of hydrogen-bond acceptors (Lipinski definition) is 11. The first-order chi connectivity index (χ1) is 21.5. The SMILES string of the molecule is COC(=O)c1cc(N)c(NC/C=C/CNc2c(N)cc(C(N)=O)cc2OCC#CCN2CCN(C(=O)C(C)C)CC2)c(OC)c1. The van der Waals surface area contributed by atoms with Crippen molar-refractivity contribution in [3.8, 4) is 23.3 Å². The van der Waals surface area contributed by atoms with Crippen molar-refractivity contribution in [3.05, 3.63) is 47.5 Å². The van der Waals surface area contributed by atoms with E-state index in [9.17, 15) is 14.4 Å². The van der Waals surface area contributed by atoms with Crippen molar-refractivity contribution in [2.75, 3.05) is 88.7 Å². The lowest BCUT2D eigenvalue weighted by Crippen LogP contribution is -2.49. The maximum atomic E-state index is 12.2. The third kappa shape index (κ3) is 9.70. The molecule has 2 aromatic rings. The first-order valence-corrected chi connectivity index (χ1v) is 14.6. The molecule has 0 atom stereocenters. The topological polar surface area (TPSA) is 187 Å². The molecule has 0 unspecified atom stereocenters. The van der Waals surface area contributed by atoms with Gasteiger partial charge in [-0.1, -0.05) is 37.8 Å². The lowest BCUT2D eigenvalue weighted by Gasteiger charge is -2.34. The number of methoxy groups -OCH3 is 2. The van der Waals surface area contributed by atoms with Crippen LogP contribution in [0.25, 0.3) is 0 Å². The Balaban J connectivity index is 1.55. The number of esters is 1. The van der Waals surface area contributed by atoms with Gasteiger partial charge in [0.2, 0.25) is 11.8 Å². The van der Waals surface area contributed by atoms with Crippen molar-refractivity contribution in [2.45, 2.75) is 13.8 Å². The zero-order valence-corrected chi connectivity index (χ0v) is 26.3. The second-order valence-electron chi connectivity index (χ2n) is 10.6. The van der Waals surface area contributed by atoms with E-state index in [1.54, 1.807) is 6.07 Å². The van der Waals surface area contributed by atoms with Crippen LogP contribution in [-0.2, 0) is 9.53 Å². The molecule has 0 spiro atoms. The standard InChI is InChI=1S/C32H43N7O6/c1-21(2)31(41)39-14-12-38(13-15-39)11-7-8-16-45-27-19-22(30(35)40)17-24(33)29(27)37-10-6-5-9-36-28-25(34)18-23(32(42)44-4)20-26(28)43-3/h5-6,17-21,36-37H,9-16,33-34H2,1-4H3,(H2,35,40)/b6-5+. The Labute approximate surface area is 264 Å². The Morgan fingerprint density at radius 2 is 1.47 bits per heavy atom. The van der Waals surface area contributed by atoms with E-state index in [0.29, 0.717) is 67.0 Å². The van der Waals surface area contributed by atoms with E-state index < -0.39 is 11.9 Å². The van der Waals surface area contributed by atoms with Gasteiger partial charge in [0.15, 0.2) is 0 Å². The minimum atomic E-state index is -0.625. The van der Waals surface area contributed by atoms with Crippen LogP contribution < -0.4 is 37.3 Å². The predicted molar refractivity (Wildman–Crippen MR) is 175 cm³/mol. The predicted octanol–water partition coefficient (Wildman–Crippen LogP) is 2.01. The van der Waals surface area contributed by atoms with Gasteiger partial charge in [0.05, 0.1) is 37.7 Å². The summed E-state index contributed by atoms with van der Waals surface area (Å²) in [4.78, 5) is 40.0. The van der Waals surface area contributed by atoms with E-state index >= 15 is 0 Å². The van der Waals surface area contributed by atoms with Crippen LogP contribution in [0.1, 0.15) is 34.6 Å². The van der Waals surface area contributed by atoms with Gasteiger partial charge in [0, 0.05) is 50.7 Å². The molecule has 1 fully saturated rings. The molecule has 1 saturated heterocycles. The zero-order valence-electron chi connectivity index (χ0n) is 26.3. The highest BCUT2D eigenvalue weighted by molar-refractivity contribution is 5.96. The summed E-state index contributed by atoms with van der Waals surface area (Å²) in [6.07, 6.45) is 3.75. The van der Waals surface area contributed by atoms with E-state index in [1.807, 2.05) is 30.9 Å². The Hall–Kier alpha value is -5.09. The summed E-state index contributed by atoms with van der Waals surface area (Å²) in [5, 5.41) is 6.39. The number of carbonyl (C=O) groups is 3. The summed E-state index contributed by atoms with van der Waals surface area (Å²) in [5.74, 6) is 5.93. The number of rotatable bonds is 13. The highest BCUT2D eigenvalue weighted by atomic mass is 16.5. The lowest BCUT2D eigenvalue weighted by molar-refractivity contribution is -0.136. The Morgan fingerprint density at radius 1 is 0.889 bits per heavy atom. The van der Waals surface area contributed by atoms with Crippen LogP contribution in [0.3, 0.4) is 0 Å². The summed E-state index contributed by atoms with van der Waals surface area (Å²) >= 11 is 0. The monoisotopic (exact) mass is 621 g/mol. The van der Waals surface area contributed by atoms with Crippen molar-refractivity contribution in [3.63, 3.8) is 0 Å². The molecule has 3 rings (SSSR count). The number of piperazine rings is 1. The van der Waals surface area contributed by atoms with Crippen molar-refractivity contribution in [1.82, 2.24) is 9.80 Å². The van der Waals surface area contributed by atoms with Crippen LogP contribution in [0.5, 0.6) is 11.5 Å². The van der Waals surface area contributed by atoms with E-state index in [1.165, 1.54) is 32.4 Å². The molecule has 1 aliphatic heterocycles. The van der Waals surface area contributed by atoms with Gasteiger partial charge in [-0.3, -0.25) is 14.5 Å². The maximum Gasteiger partial charge on any atom is 0.338 e. The third-order valence-electron chi connectivity index (χ3n) is 7.06. The Morgan fingerprint density at radius 3 is 2.02 bits per heavy atom. The lowest BCUT2D eigenvalue weighted by atomic mass is 10.1. The van der Waals surface area contributed by atoms with Gasteiger partial charge in [-0.25, -0.2) is 4.79 Å². The van der Waals surface area contributed by atoms with Gasteiger partial charge >= 0.3 is 5.97 Å². The molecular weight excluding hydrogens is 578 g/mol. The number of anilines is 4.